The van der Waals surface area contributed by atoms with E-state index < -0.39 is 0 Å². The largest absolute Gasteiger partial charge is 0.319 e. The predicted molar refractivity (Wildman–Crippen MR) is 56.5 cm³/mol. The van der Waals surface area contributed by atoms with E-state index in [9.17, 15) is 0 Å². The van der Waals surface area contributed by atoms with Gasteiger partial charge in [-0.3, -0.25) is 0 Å². The molecule has 0 radical (unpaired) electrons. The number of rotatable bonds is 2. The van der Waals surface area contributed by atoms with Crippen molar-refractivity contribution in [3.05, 3.63) is 52.8 Å². The van der Waals surface area contributed by atoms with Crippen LogP contribution in [0.4, 0.5) is 0 Å². The summed E-state index contributed by atoms with van der Waals surface area (Å²) in [5.41, 5.74) is 1.21. The van der Waals surface area contributed by atoms with Crippen LogP contribution in [-0.4, -0.2) is 15.0 Å². The van der Waals surface area contributed by atoms with E-state index in [1.165, 1.54) is 11.9 Å². The Morgan fingerprint density at radius 2 is 1.93 bits per heavy atom. The third-order valence-corrected chi connectivity index (χ3v) is 2.06. The Kier molecular flexibility index (Phi) is 2.65. The van der Waals surface area contributed by atoms with Crippen molar-refractivity contribution < 1.29 is 0 Å². The summed E-state index contributed by atoms with van der Waals surface area (Å²) in [6, 6.07) is 10.1. The molecule has 0 fully saturated rings. The van der Waals surface area contributed by atoms with Crippen LogP contribution in [0.5, 0.6) is 0 Å². The summed E-state index contributed by atoms with van der Waals surface area (Å²) in [5, 5.41) is 0. The van der Waals surface area contributed by atoms with Gasteiger partial charge in [-0.1, -0.05) is 30.3 Å². The Bertz CT molecular complexity index is 464. The third kappa shape index (κ3) is 2.23. The van der Waals surface area contributed by atoms with E-state index in [0.29, 0.717) is 4.77 Å². The molecular formula is C10H9N3S. The van der Waals surface area contributed by atoms with Crippen LogP contribution in [0.2, 0.25) is 0 Å². The van der Waals surface area contributed by atoms with Gasteiger partial charge >= 0.3 is 0 Å². The highest BCUT2D eigenvalue weighted by Crippen LogP contribution is 2.03. The Morgan fingerprint density at radius 1 is 1.14 bits per heavy atom. The number of hydrogen-bond donors (Lipinski definition) is 1. The van der Waals surface area contributed by atoms with Gasteiger partial charge in [0.15, 0.2) is 4.77 Å². The monoisotopic (exact) mass is 203 g/mol. The molecule has 1 heterocycles. The molecule has 0 aliphatic carbocycles. The lowest BCUT2D eigenvalue weighted by Crippen LogP contribution is -1.97. The van der Waals surface area contributed by atoms with Gasteiger partial charge in [-0.05, 0) is 17.8 Å². The maximum absolute atomic E-state index is 4.91. The molecule has 1 N–H and O–H groups in total. The zero-order valence-corrected chi connectivity index (χ0v) is 8.29. The Labute approximate surface area is 86.9 Å². The Hall–Kier alpha value is -1.55. The minimum atomic E-state index is 0.478. The molecule has 0 spiro atoms. The smallest absolute Gasteiger partial charge is 0.199 e. The van der Waals surface area contributed by atoms with E-state index in [1.54, 1.807) is 0 Å². The first-order chi connectivity index (χ1) is 6.84. The van der Waals surface area contributed by atoms with Gasteiger partial charge in [-0.2, -0.15) is 0 Å². The van der Waals surface area contributed by atoms with Gasteiger partial charge in [0, 0.05) is 6.42 Å². The van der Waals surface area contributed by atoms with Crippen molar-refractivity contribution in [3.63, 3.8) is 0 Å². The molecule has 0 amide bonds. The highest BCUT2D eigenvalue weighted by molar-refractivity contribution is 7.71. The number of nitrogens with zero attached hydrogens (tertiary/aromatic N) is 2. The van der Waals surface area contributed by atoms with E-state index in [-0.39, 0.29) is 0 Å². The van der Waals surface area contributed by atoms with Crippen LogP contribution in [0.25, 0.3) is 0 Å². The van der Waals surface area contributed by atoms with Crippen molar-refractivity contribution in [2.45, 2.75) is 6.42 Å². The zero-order valence-electron chi connectivity index (χ0n) is 7.47. The van der Waals surface area contributed by atoms with Gasteiger partial charge in [0.05, 0.1) is 0 Å². The van der Waals surface area contributed by atoms with Crippen LogP contribution < -0.4 is 0 Å². The lowest BCUT2D eigenvalue weighted by atomic mass is 10.1. The number of hydrogen-bond acceptors (Lipinski definition) is 3. The first kappa shape index (κ1) is 9.02. The Balaban J connectivity index is 2.24. The molecule has 0 bridgehead atoms. The van der Waals surface area contributed by atoms with Crippen molar-refractivity contribution in [1.29, 1.82) is 0 Å². The highest BCUT2D eigenvalue weighted by Gasteiger charge is 1.96. The van der Waals surface area contributed by atoms with Crippen LogP contribution in [0.1, 0.15) is 11.4 Å². The molecule has 0 atom stereocenters. The fourth-order valence-electron chi connectivity index (χ4n) is 1.22. The van der Waals surface area contributed by atoms with Crippen molar-refractivity contribution in [2.24, 2.45) is 0 Å². The molecule has 2 aromatic rings. The fourth-order valence-corrected chi connectivity index (χ4v) is 1.38. The van der Waals surface area contributed by atoms with Gasteiger partial charge in [0.1, 0.15) is 12.2 Å². The second-order valence-electron chi connectivity index (χ2n) is 2.91. The quantitative estimate of drug-likeness (QED) is 0.760. The highest BCUT2D eigenvalue weighted by atomic mass is 32.1. The molecule has 4 heteroatoms. The minimum Gasteiger partial charge on any atom is -0.319 e. The second kappa shape index (κ2) is 4.11. The topological polar surface area (TPSA) is 41.6 Å². The predicted octanol–water partition coefficient (Wildman–Crippen LogP) is 2.12. The molecular weight excluding hydrogens is 194 g/mol. The van der Waals surface area contributed by atoms with E-state index >= 15 is 0 Å². The normalized spacial score (nSPS) is 10.0. The van der Waals surface area contributed by atoms with E-state index in [4.69, 9.17) is 12.2 Å². The Morgan fingerprint density at radius 3 is 2.64 bits per heavy atom. The molecule has 14 heavy (non-hydrogen) atoms. The summed E-state index contributed by atoms with van der Waals surface area (Å²) < 4.78 is 0.478. The lowest BCUT2D eigenvalue weighted by molar-refractivity contribution is 0.905. The van der Waals surface area contributed by atoms with Crippen molar-refractivity contribution in [1.82, 2.24) is 15.0 Å². The van der Waals surface area contributed by atoms with Gasteiger partial charge < -0.3 is 4.98 Å². The molecule has 0 saturated heterocycles. The average Bonchev–Trinajstić information content (AvgIpc) is 2.19. The first-order valence-electron chi connectivity index (χ1n) is 4.29. The van der Waals surface area contributed by atoms with Crippen molar-refractivity contribution in [2.75, 3.05) is 0 Å². The lowest BCUT2D eigenvalue weighted by Gasteiger charge is -1.99. The zero-order chi connectivity index (χ0) is 9.80. The summed E-state index contributed by atoms with van der Waals surface area (Å²) >= 11 is 4.91. The number of H-pyrrole nitrogens is 1. The molecule has 0 aliphatic heterocycles. The molecule has 2 rings (SSSR count). The SMILES string of the molecule is S=c1ncnc(Cc2ccccc2)[nH]1. The summed E-state index contributed by atoms with van der Waals surface area (Å²) in [4.78, 5) is 10.9. The van der Waals surface area contributed by atoms with Gasteiger partial charge in [0.2, 0.25) is 0 Å². The summed E-state index contributed by atoms with van der Waals surface area (Å²) in [6.45, 7) is 0. The molecule has 3 nitrogen and oxygen atoms in total. The van der Waals surface area contributed by atoms with Crippen LogP contribution in [0.3, 0.4) is 0 Å². The molecule has 70 valence electrons. The maximum atomic E-state index is 4.91. The van der Waals surface area contributed by atoms with Crippen LogP contribution in [0.15, 0.2) is 36.7 Å². The molecule has 0 aliphatic rings. The first-order valence-corrected chi connectivity index (χ1v) is 4.69. The van der Waals surface area contributed by atoms with E-state index in [1.807, 2.05) is 18.2 Å². The standard InChI is InChI=1S/C10H9N3S/c14-10-12-7-11-9(13-10)6-8-4-2-1-3-5-8/h1-5,7H,6H2,(H,11,12,13,14). The van der Waals surface area contributed by atoms with Crippen LogP contribution in [-0.2, 0) is 6.42 Å². The number of benzene rings is 1. The maximum Gasteiger partial charge on any atom is 0.199 e. The second-order valence-corrected chi connectivity index (χ2v) is 3.30. The van der Waals surface area contributed by atoms with E-state index in [2.05, 4.69) is 27.1 Å². The molecule has 1 aromatic heterocycles. The summed E-state index contributed by atoms with van der Waals surface area (Å²) in [6.07, 6.45) is 2.24. The summed E-state index contributed by atoms with van der Waals surface area (Å²) in [7, 11) is 0. The third-order valence-electron chi connectivity index (χ3n) is 1.85. The molecule has 1 aromatic carbocycles. The average molecular weight is 203 g/mol. The molecule has 0 saturated carbocycles. The number of aromatic nitrogens is 3. The number of nitrogens with one attached hydrogen (secondary N) is 1. The minimum absolute atomic E-state index is 0.478. The van der Waals surface area contributed by atoms with Crippen LogP contribution in [0, 0.1) is 4.77 Å². The van der Waals surface area contributed by atoms with Crippen molar-refractivity contribution >= 4 is 12.2 Å². The van der Waals surface area contributed by atoms with E-state index in [0.717, 1.165) is 12.2 Å². The van der Waals surface area contributed by atoms with Gasteiger partial charge in [-0.15, -0.1) is 0 Å². The van der Waals surface area contributed by atoms with Crippen molar-refractivity contribution in [3.8, 4) is 0 Å². The van der Waals surface area contributed by atoms with Gasteiger partial charge in [-0.25, -0.2) is 9.97 Å². The number of aromatic amines is 1. The van der Waals surface area contributed by atoms with Gasteiger partial charge in [0.25, 0.3) is 0 Å². The fraction of sp³-hybridized carbons (Fsp3) is 0.100. The summed E-state index contributed by atoms with van der Waals surface area (Å²) in [5.74, 6) is 0.844. The van der Waals surface area contributed by atoms with Crippen LogP contribution >= 0.6 is 12.2 Å². The molecule has 0 unspecified atom stereocenters.